The van der Waals surface area contributed by atoms with Crippen molar-refractivity contribution in [3.05, 3.63) is 35.1 Å². The van der Waals surface area contributed by atoms with Crippen molar-refractivity contribution >= 4 is 5.97 Å². The standard InChI is InChI=1S/C12H14FNO2/c1-7-2-3-8(13)4-9(7)10-5-14-6-11(10)12(15)16/h2-4,10-11,14H,5-6H2,1H3,(H,15,16). The Morgan fingerprint density at radius 1 is 1.50 bits per heavy atom. The van der Waals surface area contributed by atoms with E-state index in [1.54, 1.807) is 6.07 Å². The first-order chi connectivity index (χ1) is 7.59. The summed E-state index contributed by atoms with van der Waals surface area (Å²) in [6.07, 6.45) is 0. The van der Waals surface area contributed by atoms with Gasteiger partial charge in [0.1, 0.15) is 5.82 Å². The number of carboxylic acid groups (broad SMARTS) is 1. The molecule has 0 saturated carbocycles. The quantitative estimate of drug-likeness (QED) is 0.799. The molecule has 2 N–H and O–H groups in total. The largest absolute Gasteiger partial charge is 0.481 e. The van der Waals surface area contributed by atoms with E-state index in [1.807, 2.05) is 6.92 Å². The molecule has 2 unspecified atom stereocenters. The Kier molecular flexibility index (Phi) is 2.92. The number of carbonyl (C=O) groups is 1. The lowest BCUT2D eigenvalue weighted by molar-refractivity contribution is -0.141. The van der Waals surface area contributed by atoms with E-state index in [4.69, 9.17) is 5.11 Å². The predicted octanol–water partition coefficient (Wildman–Crippen LogP) is 1.52. The third kappa shape index (κ3) is 1.93. The van der Waals surface area contributed by atoms with E-state index in [0.717, 1.165) is 11.1 Å². The molecule has 4 heteroatoms. The van der Waals surface area contributed by atoms with Crippen LogP contribution in [-0.2, 0) is 4.79 Å². The van der Waals surface area contributed by atoms with E-state index in [-0.39, 0.29) is 11.7 Å². The fourth-order valence-corrected chi connectivity index (χ4v) is 2.28. The highest BCUT2D eigenvalue weighted by Gasteiger charge is 2.34. The number of rotatable bonds is 2. The lowest BCUT2D eigenvalue weighted by Gasteiger charge is -2.17. The van der Waals surface area contributed by atoms with Gasteiger partial charge >= 0.3 is 5.97 Å². The normalized spacial score (nSPS) is 24.6. The number of aryl methyl sites for hydroxylation is 1. The maximum absolute atomic E-state index is 13.2. The van der Waals surface area contributed by atoms with Gasteiger partial charge in [0.25, 0.3) is 0 Å². The molecule has 0 radical (unpaired) electrons. The van der Waals surface area contributed by atoms with Crippen molar-refractivity contribution in [2.24, 2.45) is 5.92 Å². The highest BCUT2D eigenvalue weighted by molar-refractivity contribution is 5.72. The summed E-state index contributed by atoms with van der Waals surface area (Å²) < 4.78 is 13.2. The Labute approximate surface area is 93.3 Å². The fraction of sp³-hybridized carbons (Fsp3) is 0.417. The molecule has 16 heavy (non-hydrogen) atoms. The molecular formula is C12H14FNO2. The van der Waals surface area contributed by atoms with Crippen LogP contribution < -0.4 is 5.32 Å². The number of halogens is 1. The van der Waals surface area contributed by atoms with Crippen molar-refractivity contribution in [3.63, 3.8) is 0 Å². The average molecular weight is 223 g/mol. The Morgan fingerprint density at radius 3 is 2.94 bits per heavy atom. The van der Waals surface area contributed by atoms with Crippen molar-refractivity contribution in [2.75, 3.05) is 13.1 Å². The van der Waals surface area contributed by atoms with Crippen LogP contribution in [0.15, 0.2) is 18.2 Å². The van der Waals surface area contributed by atoms with E-state index < -0.39 is 11.9 Å². The van der Waals surface area contributed by atoms with Crippen molar-refractivity contribution in [1.29, 1.82) is 0 Å². The maximum Gasteiger partial charge on any atom is 0.308 e. The zero-order valence-corrected chi connectivity index (χ0v) is 9.03. The summed E-state index contributed by atoms with van der Waals surface area (Å²) in [5.74, 6) is -1.72. The van der Waals surface area contributed by atoms with Crippen molar-refractivity contribution < 1.29 is 14.3 Å². The first-order valence-electron chi connectivity index (χ1n) is 5.29. The van der Waals surface area contributed by atoms with Gasteiger partial charge in [-0.3, -0.25) is 4.79 Å². The van der Waals surface area contributed by atoms with Crippen LogP contribution in [0.5, 0.6) is 0 Å². The van der Waals surface area contributed by atoms with E-state index in [1.165, 1.54) is 12.1 Å². The molecule has 1 saturated heterocycles. The van der Waals surface area contributed by atoms with E-state index in [0.29, 0.717) is 13.1 Å². The van der Waals surface area contributed by atoms with Crippen LogP contribution in [0.2, 0.25) is 0 Å². The summed E-state index contributed by atoms with van der Waals surface area (Å²) in [7, 11) is 0. The highest BCUT2D eigenvalue weighted by atomic mass is 19.1. The van der Waals surface area contributed by atoms with Gasteiger partial charge in [-0.25, -0.2) is 4.39 Å². The summed E-state index contributed by atoms with van der Waals surface area (Å²) in [5, 5.41) is 12.1. The summed E-state index contributed by atoms with van der Waals surface area (Å²) in [6.45, 7) is 2.93. The smallest absolute Gasteiger partial charge is 0.308 e. The number of hydrogen-bond donors (Lipinski definition) is 2. The molecule has 3 nitrogen and oxygen atoms in total. The first kappa shape index (κ1) is 11.1. The number of carboxylic acids is 1. The van der Waals surface area contributed by atoms with Crippen LogP contribution in [-0.4, -0.2) is 24.2 Å². The molecule has 1 fully saturated rings. The van der Waals surface area contributed by atoms with Crippen LogP contribution in [0.3, 0.4) is 0 Å². The van der Waals surface area contributed by atoms with Gasteiger partial charge in [-0.2, -0.15) is 0 Å². The molecule has 0 amide bonds. The van der Waals surface area contributed by atoms with Crippen molar-refractivity contribution in [1.82, 2.24) is 5.32 Å². The first-order valence-corrected chi connectivity index (χ1v) is 5.29. The second-order valence-electron chi connectivity index (χ2n) is 4.21. The topological polar surface area (TPSA) is 49.3 Å². The molecule has 0 bridgehead atoms. The van der Waals surface area contributed by atoms with Gasteiger partial charge in [0, 0.05) is 19.0 Å². The van der Waals surface area contributed by atoms with E-state index in [9.17, 15) is 9.18 Å². The fourth-order valence-electron chi connectivity index (χ4n) is 2.28. The number of benzene rings is 1. The van der Waals surface area contributed by atoms with Gasteiger partial charge in [0.05, 0.1) is 5.92 Å². The minimum absolute atomic E-state index is 0.131. The Balaban J connectivity index is 2.35. The Morgan fingerprint density at radius 2 is 2.25 bits per heavy atom. The summed E-state index contributed by atoms with van der Waals surface area (Å²) in [6, 6.07) is 4.54. The molecular weight excluding hydrogens is 209 g/mol. The Bertz CT molecular complexity index is 419. The second kappa shape index (κ2) is 4.22. The summed E-state index contributed by atoms with van der Waals surface area (Å²) in [5.41, 5.74) is 1.75. The molecule has 0 aromatic heterocycles. The third-order valence-electron chi connectivity index (χ3n) is 3.17. The molecule has 2 rings (SSSR count). The minimum Gasteiger partial charge on any atom is -0.481 e. The van der Waals surface area contributed by atoms with Gasteiger partial charge in [0.15, 0.2) is 0 Å². The molecule has 1 heterocycles. The lowest BCUT2D eigenvalue weighted by atomic mass is 9.86. The summed E-state index contributed by atoms with van der Waals surface area (Å²) in [4.78, 5) is 11.0. The Hall–Kier alpha value is -1.42. The highest BCUT2D eigenvalue weighted by Crippen LogP contribution is 2.30. The van der Waals surface area contributed by atoms with Gasteiger partial charge in [-0.05, 0) is 30.2 Å². The summed E-state index contributed by atoms with van der Waals surface area (Å²) >= 11 is 0. The number of hydrogen-bond acceptors (Lipinski definition) is 2. The van der Waals surface area contributed by atoms with Crippen LogP contribution in [0, 0.1) is 18.7 Å². The molecule has 1 aliphatic rings. The third-order valence-corrected chi connectivity index (χ3v) is 3.17. The minimum atomic E-state index is -0.821. The molecule has 86 valence electrons. The SMILES string of the molecule is Cc1ccc(F)cc1C1CNCC1C(=O)O. The molecule has 1 aromatic rings. The van der Waals surface area contributed by atoms with Gasteiger partial charge in [0.2, 0.25) is 0 Å². The van der Waals surface area contributed by atoms with Crippen LogP contribution in [0.25, 0.3) is 0 Å². The van der Waals surface area contributed by atoms with Gasteiger partial charge in [-0.15, -0.1) is 0 Å². The van der Waals surface area contributed by atoms with E-state index >= 15 is 0 Å². The molecule has 1 aromatic carbocycles. The van der Waals surface area contributed by atoms with Crippen molar-refractivity contribution in [2.45, 2.75) is 12.8 Å². The zero-order chi connectivity index (χ0) is 11.7. The van der Waals surface area contributed by atoms with Crippen molar-refractivity contribution in [3.8, 4) is 0 Å². The maximum atomic E-state index is 13.2. The van der Waals surface area contributed by atoms with Crippen LogP contribution in [0.1, 0.15) is 17.0 Å². The second-order valence-corrected chi connectivity index (χ2v) is 4.21. The molecule has 1 aliphatic heterocycles. The number of aliphatic carboxylic acids is 1. The van der Waals surface area contributed by atoms with Crippen LogP contribution in [0.4, 0.5) is 4.39 Å². The van der Waals surface area contributed by atoms with Gasteiger partial charge in [-0.1, -0.05) is 6.07 Å². The monoisotopic (exact) mass is 223 g/mol. The number of nitrogens with one attached hydrogen (secondary N) is 1. The molecule has 0 spiro atoms. The van der Waals surface area contributed by atoms with E-state index in [2.05, 4.69) is 5.32 Å². The van der Waals surface area contributed by atoms with Gasteiger partial charge < -0.3 is 10.4 Å². The molecule has 0 aliphatic carbocycles. The zero-order valence-electron chi connectivity index (χ0n) is 9.03. The lowest BCUT2D eigenvalue weighted by Crippen LogP contribution is -2.21. The average Bonchev–Trinajstić information content (AvgIpc) is 2.70. The predicted molar refractivity (Wildman–Crippen MR) is 57.9 cm³/mol. The molecule has 2 atom stereocenters. The van der Waals surface area contributed by atoms with Crippen LogP contribution >= 0.6 is 0 Å².